The number of nitrogens with one attached hydrogen (secondary N) is 1. The third-order valence-electron chi connectivity index (χ3n) is 2.85. The Kier molecular flexibility index (Phi) is 2.90. The third kappa shape index (κ3) is 1.94. The van der Waals surface area contributed by atoms with Crippen LogP contribution in [0, 0.1) is 5.92 Å². The molecule has 1 fully saturated rings. The SMILES string of the molecule is CCNCC1(O)CCCC1C. The highest BCUT2D eigenvalue weighted by Crippen LogP contribution is 2.34. The zero-order valence-corrected chi connectivity index (χ0v) is 7.56. The van der Waals surface area contributed by atoms with Crippen LogP contribution in [0.1, 0.15) is 33.1 Å². The van der Waals surface area contributed by atoms with Gasteiger partial charge in [-0.1, -0.05) is 20.3 Å². The van der Waals surface area contributed by atoms with Crippen LogP contribution in [0.4, 0.5) is 0 Å². The average Bonchev–Trinajstić information content (AvgIpc) is 2.30. The zero-order chi connectivity index (χ0) is 8.32. The fraction of sp³-hybridized carbons (Fsp3) is 1.00. The molecule has 2 N–H and O–H groups in total. The smallest absolute Gasteiger partial charge is 0.0796 e. The van der Waals surface area contributed by atoms with Gasteiger partial charge in [0.15, 0.2) is 0 Å². The minimum absolute atomic E-state index is 0.407. The van der Waals surface area contributed by atoms with Gasteiger partial charge in [0, 0.05) is 6.54 Å². The third-order valence-corrected chi connectivity index (χ3v) is 2.85. The molecule has 1 aliphatic carbocycles. The highest BCUT2D eigenvalue weighted by molar-refractivity contribution is 4.91. The van der Waals surface area contributed by atoms with E-state index in [0.717, 1.165) is 19.5 Å². The van der Waals surface area contributed by atoms with E-state index in [1.165, 1.54) is 12.8 Å². The van der Waals surface area contributed by atoms with E-state index >= 15 is 0 Å². The molecule has 1 rings (SSSR count). The largest absolute Gasteiger partial charge is 0.388 e. The van der Waals surface area contributed by atoms with Gasteiger partial charge in [0.05, 0.1) is 5.60 Å². The number of rotatable bonds is 3. The summed E-state index contributed by atoms with van der Waals surface area (Å²) in [6.45, 7) is 5.94. The monoisotopic (exact) mass is 157 g/mol. The first-order valence-electron chi connectivity index (χ1n) is 4.62. The quantitative estimate of drug-likeness (QED) is 0.644. The summed E-state index contributed by atoms with van der Waals surface area (Å²) in [5, 5.41) is 13.2. The highest BCUT2D eigenvalue weighted by atomic mass is 16.3. The molecule has 2 atom stereocenters. The lowest BCUT2D eigenvalue weighted by atomic mass is 9.92. The summed E-state index contributed by atoms with van der Waals surface area (Å²) in [7, 11) is 0. The van der Waals surface area contributed by atoms with Crippen LogP contribution in [0.2, 0.25) is 0 Å². The summed E-state index contributed by atoms with van der Waals surface area (Å²) in [5.74, 6) is 0.474. The summed E-state index contributed by atoms with van der Waals surface area (Å²) in [4.78, 5) is 0. The molecule has 66 valence electrons. The molecule has 0 spiro atoms. The van der Waals surface area contributed by atoms with Crippen molar-refractivity contribution in [2.24, 2.45) is 5.92 Å². The van der Waals surface area contributed by atoms with Crippen LogP contribution in [0.15, 0.2) is 0 Å². The number of likely N-dealkylation sites (N-methyl/N-ethyl adjacent to an activating group) is 1. The molecule has 0 bridgehead atoms. The lowest BCUT2D eigenvalue weighted by Gasteiger charge is -2.27. The maximum atomic E-state index is 10.0. The molecular formula is C9H19NO. The van der Waals surface area contributed by atoms with Crippen LogP contribution in [-0.4, -0.2) is 23.8 Å². The van der Waals surface area contributed by atoms with E-state index in [9.17, 15) is 5.11 Å². The molecule has 2 nitrogen and oxygen atoms in total. The summed E-state index contributed by atoms with van der Waals surface area (Å²) >= 11 is 0. The molecule has 0 aliphatic heterocycles. The predicted octanol–water partition coefficient (Wildman–Crippen LogP) is 1.15. The molecule has 2 heteroatoms. The van der Waals surface area contributed by atoms with E-state index in [1.54, 1.807) is 0 Å². The molecule has 0 aromatic heterocycles. The van der Waals surface area contributed by atoms with E-state index in [1.807, 2.05) is 0 Å². The number of aliphatic hydroxyl groups is 1. The Hall–Kier alpha value is -0.0800. The van der Waals surface area contributed by atoms with Crippen LogP contribution in [0.25, 0.3) is 0 Å². The first-order chi connectivity index (χ1) is 5.19. The van der Waals surface area contributed by atoms with Gasteiger partial charge in [0.1, 0.15) is 0 Å². The Balaban J connectivity index is 2.38. The second-order valence-corrected chi connectivity index (χ2v) is 3.68. The van der Waals surface area contributed by atoms with Crippen LogP contribution in [0.5, 0.6) is 0 Å². The van der Waals surface area contributed by atoms with Crippen molar-refractivity contribution in [3.8, 4) is 0 Å². The molecule has 0 aromatic rings. The minimum Gasteiger partial charge on any atom is -0.388 e. The zero-order valence-electron chi connectivity index (χ0n) is 7.56. The lowest BCUT2D eigenvalue weighted by molar-refractivity contribution is 0.0105. The molecule has 2 unspecified atom stereocenters. The van der Waals surface area contributed by atoms with E-state index in [0.29, 0.717) is 5.92 Å². The van der Waals surface area contributed by atoms with E-state index in [-0.39, 0.29) is 0 Å². The minimum atomic E-state index is -0.407. The molecule has 0 saturated heterocycles. The van der Waals surface area contributed by atoms with Gasteiger partial charge in [-0.25, -0.2) is 0 Å². The van der Waals surface area contributed by atoms with E-state index in [4.69, 9.17) is 0 Å². The van der Waals surface area contributed by atoms with Gasteiger partial charge >= 0.3 is 0 Å². The van der Waals surface area contributed by atoms with E-state index in [2.05, 4.69) is 19.2 Å². The molecule has 1 saturated carbocycles. The molecule has 11 heavy (non-hydrogen) atoms. The summed E-state index contributed by atoms with van der Waals surface area (Å²) in [6, 6.07) is 0. The van der Waals surface area contributed by atoms with Crippen LogP contribution in [-0.2, 0) is 0 Å². The number of hydrogen-bond acceptors (Lipinski definition) is 2. The first-order valence-corrected chi connectivity index (χ1v) is 4.62. The van der Waals surface area contributed by atoms with Crippen LogP contribution < -0.4 is 5.32 Å². The van der Waals surface area contributed by atoms with Crippen molar-refractivity contribution in [2.45, 2.75) is 38.7 Å². The van der Waals surface area contributed by atoms with Gasteiger partial charge in [-0.2, -0.15) is 0 Å². The summed E-state index contributed by atoms with van der Waals surface area (Å²) < 4.78 is 0. The van der Waals surface area contributed by atoms with Gasteiger partial charge in [0.25, 0.3) is 0 Å². The van der Waals surface area contributed by atoms with Gasteiger partial charge in [-0.3, -0.25) is 0 Å². The van der Waals surface area contributed by atoms with Crippen LogP contribution in [0.3, 0.4) is 0 Å². The van der Waals surface area contributed by atoms with Gasteiger partial charge < -0.3 is 10.4 Å². The van der Waals surface area contributed by atoms with Gasteiger partial charge in [0.2, 0.25) is 0 Å². The Morgan fingerprint density at radius 3 is 2.82 bits per heavy atom. The fourth-order valence-corrected chi connectivity index (χ4v) is 1.83. The van der Waals surface area contributed by atoms with Crippen molar-refractivity contribution in [3.63, 3.8) is 0 Å². The van der Waals surface area contributed by atoms with Gasteiger partial charge in [-0.05, 0) is 25.3 Å². The van der Waals surface area contributed by atoms with Crippen molar-refractivity contribution in [2.75, 3.05) is 13.1 Å². The molecule has 0 aromatic carbocycles. The molecule has 0 radical (unpaired) electrons. The molecule has 1 aliphatic rings. The molecule has 0 heterocycles. The predicted molar refractivity (Wildman–Crippen MR) is 46.5 cm³/mol. The van der Waals surface area contributed by atoms with Crippen molar-refractivity contribution in [1.82, 2.24) is 5.32 Å². The molecular weight excluding hydrogens is 138 g/mol. The van der Waals surface area contributed by atoms with E-state index < -0.39 is 5.60 Å². The second kappa shape index (κ2) is 3.55. The second-order valence-electron chi connectivity index (χ2n) is 3.68. The van der Waals surface area contributed by atoms with Crippen molar-refractivity contribution in [3.05, 3.63) is 0 Å². The fourth-order valence-electron chi connectivity index (χ4n) is 1.83. The standard InChI is InChI=1S/C9H19NO/c1-3-10-7-9(11)6-4-5-8(9)2/h8,10-11H,3-7H2,1-2H3. The van der Waals surface area contributed by atoms with Crippen molar-refractivity contribution in [1.29, 1.82) is 0 Å². The van der Waals surface area contributed by atoms with Crippen molar-refractivity contribution >= 4 is 0 Å². The summed E-state index contributed by atoms with van der Waals surface area (Å²) in [5.41, 5.74) is -0.407. The highest BCUT2D eigenvalue weighted by Gasteiger charge is 2.37. The Labute approximate surface area is 69.0 Å². The van der Waals surface area contributed by atoms with Gasteiger partial charge in [-0.15, -0.1) is 0 Å². The Morgan fingerprint density at radius 2 is 2.36 bits per heavy atom. The van der Waals surface area contributed by atoms with Crippen LogP contribution >= 0.6 is 0 Å². The molecule has 0 amide bonds. The normalized spacial score (nSPS) is 37.9. The Bertz CT molecular complexity index is 127. The number of hydrogen-bond donors (Lipinski definition) is 2. The lowest BCUT2D eigenvalue weighted by Crippen LogP contribution is -2.42. The first kappa shape index (κ1) is 9.01. The maximum Gasteiger partial charge on any atom is 0.0796 e. The maximum absolute atomic E-state index is 10.0. The van der Waals surface area contributed by atoms with Crippen molar-refractivity contribution < 1.29 is 5.11 Å². The average molecular weight is 157 g/mol. The summed E-state index contributed by atoms with van der Waals surface area (Å²) in [6.07, 6.45) is 3.34. The topological polar surface area (TPSA) is 32.3 Å². The Morgan fingerprint density at radius 1 is 1.64 bits per heavy atom.